The summed E-state index contributed by atoms with van der Waals surface area (Å²) in [5, 5.41) is 10.3. The van der Waals surface area contributed by atoms with Crippen molar-refractivity contribution in [2.75, 3.05) is 18.9 Å². The number of nitrogens with zero attached hydrogens (tertiary/aromatic N) is 5. The normalized spacial score (nSPS) is 11.4. The van der Waals surface area contributed by atoms with E-state index < -0.39 is 0 Å². The predicted octanol–water partition coefficient (Wildman–Crippen LogP) is 2.46. The number of aliphatic imine (C=N–C) groups is 1. The number of carbonyl (C=O) groups is 1. The second-order valence-electron chi connectivity index (χ2n) is 7.09. The molecule has 8 nitrogen and oxygen atoms in total. The van der Waals surface area contributed by atoms with Crippen molar-refractivity contribution in [1.29, 1.82) is 0 Å². The van der Waals surface area contributed by atoms with Gasteiger partial charge in [-0.25, -0.2) is 4.99 Å². The van der Waals surface area contributed by atoms with Gasteiger partial charge < -0.3 is 20.1 Å². The number of amides is 1. The van der Waals surface area contributed by atoms with Gasteiger partial charge in [0.2, 0.25) is 5.91 Å². The Morgan fingerprint density at radius 1 is 1.20 bits per heavy atom. The van der Waals surface area contributed by atoms with Gasteiger partial charge in [-0.2, -0.15) is 5.10 Å². The highest BCUT2D eigenvalue weighted by Crippen LogP contribution is 2.12. The van der Waals surface area contributed by atoms with Crippen molar-refractivity contribution in [3.63, 3.8) is 0 Å². The minimum absolute atomic E-state index is 0.116. The van der Waals surface area contributed by atoms with Crippen LogP contribution in [0.5, 0.6) is 0 Å². The van der Waals surface area contributed by atoms with Crippen LogP contribution in [-0.4, -0.2) is 44.7 Å². The summed E-state index contributed by atoms with van der Waals surface area (Å²) < 4.78 is 3.70. The fraction of sp³-hybridized carbons (Fsp3) is 0.318. The van der Waals surface area contributed by atoms with E-state index in [9.17, 15) is 4.79 Å². The summed E-state index contributed by atoms with van der Waals surface area (Å²) >= 11 is 0. The van der Waals surface area contributed by atoms with E-state index in [0.29, 0.717) is 6.54 Å². The molecule has 0 fully saturated rings. The van der Waals surface area contributed by atoms with Gasteiger partial charge in [-0.05, 0) is 42.8 Å². The minimum atomic E-state index is -0.116. The van der Waals surface area contributed by atoms with Crippen molar-refractivity contribution < 1.29 is 4.79 Å². The smallest absolute Gasteiger partial charge is 0.246 e. The van der Waals surface area contributed by atoms with Crippen LogP contribution in [0.1, 0.15) is 18.2 Å². The standard InChI is InChI=1S/C22H29N7O/c1-4-23-22(28(3)16-20-10-6-12-27(20)2)24-15-18-8-5-9-19(14-18)26-21(30)17-29-13-7-11-25-29/h5-14H,4,15-17H2,1-3H3,(H,23,24)(H,26,30). The summed E-state index contributed by atoms with van der Waals surface area (Å²) in [6, 6.07) is 13.7. The molecule has 8 heteroatoms. The van der Waals surface area contributed by atoms with Gasteiger partial charge >= 0.3 is 0 Å². The molecule has 1 aromatic carbocycles. The lowest BCUT2D eigenvalue weighted by Crippen LogP contribution is -2.38. The van der Waals surface area contributed by atoms with Crippen LogP contribution in [0, 0.1) is 0 Å². The Morgan fingerprint density at radius 2 is 2.07 bits per heavy atom. The summed E-state index contributed by atoms with van der Waals surface area (Å²) in [5.74, 6) is 0.724. The number of aryl methyl sites for hydroxylation is 1. The van der Waals surface area contributed by atoms with Gasteiger partial charge in [-0.15, -0.1) is 0 Å². The van der Waals surface area contributed by atoms with Crippen LogP contribution in [0.15, 0.2) is 66.0 Å². The van der Waals surface area contributed by atoms with E-state index in [0.717, 1.165) is 30.3 Å². The number of carbonyl (C=O) groups excluding carboxylic acids is 1. The van der Waals surface area contributed by atoms with E-state index in [1.54, 1.807) is 23.1 Å². The largest absolute Gasteiger partial charge is 0.357 e. The van der Waals surface area contributed by atoms with Crippen molar-refractivity contribution in [3.8, 4) is 0 Å². The first kappa shape index (κ1) is 21.2. The fourth-order valence-electron chi connectivity index (χ4n) is 3.10. The lowest BCUT2D eigenvalue weighted by atomic mass is 10.2. The van der Waals surface area contributed by atoms with Crippen molar-refractivity contribution in [3.05, 3.63) is 72.3 Å². The first-order valence-corrected chi connectivity index (χ1v) is 10.0. The molecule has 0 unspecified atom stereocenters. The number of rotatable bonds is 8. The van der Waals surface area contributed by atoms with E-state index in [4.69, 9.17) is 4.99 Å². The van der Waals surface area contributed by atoms with Crippen molar-refractivity contribution in [2.24, 2.45) is 12.0 Å². The predicted molar refractivity (Wildman–Crippen MR) is 119 cm³/mol. The summed E-state index contributed by atoms with van der Waals surface area (Å²) in [4.78, 5) is 19.1. The molecule has 1 amide bonds. The highest BCUT2D eigenvalue weighted by atomic mass is 16.2. The van der Waals surface area contributed by atoms with Crippen LogP contribution >= 0.6 is 0 Å². The quantitative estimate of drug-likeness (QED) is 0.444. The molecule has 0 bridgehead atoms. The molecule has 0 saturated heterocycles. The van der Waals surface area contributed by atoms with Crippen LogP contribution in [-0.2, 0) is 31.5 Å². The number of hydrogen-bond donors (Lipinski definition) is 2. The van der Waals surface area contributed by atoms with Crippen LogP contribution in [0.3, 0.4) is 0 Å². The molecule has 2 aromatic heterocycles. The molecule has 0 spiro atoms. The topological polar surface area (TPSA) is 79.5 Å². The van der Waals surface area contributed by atoms with Crippen LogP contribution < -0.4 is 10.6 Å². The molecule has 0 saturated carbocycles. The average molecular weight is 408 g/mol. The summed E-state index contributed by atoms with van der Waals surface area (Å²) in [7, 11) is 4.07. The summed E-state index contributed by atoms with van der Waals surface area (Å²) in [6.45, 7) is 4.31. The summed E-state index contributed by atoms with van der Waals surface area (Å²) in [5.41, 5.74) is 2.99. The highest BCUT2D eigenvalue weighted by molar-refractivity contribution is 5.90. The van der Waals surface area contributed by atoms with E-state index in [-0.39, 0.29) is 12.5 Å². The van der Waals surface area contributed by atoms with Crippen LogP contribution in [0.25, 0.3) is 0 Å². The zero-order valence-electron chi connectivity index (χ0n) is 17.7. The number of aromatic nitrogens is 3. The molecule has 2 heterocycles. The Kier molecular flexibility index (Phi) is 7.26. The van der Waals surface area contributed by atoms with Gasteiger partial charge in [0.25, 0.3) is 0 Å². The van der Waals surface area contributed by atoms with Gasteiger partial charge in [0, 0.05) is 50.6 Å². The van der Waals surface area contributed by atoms with Crippen molar-refractivity contribution >= 4 is 17.6 Å². The van der Waals surface area contributed by atoms with Crippen LogP contribution in [0.2, 0.25) is 0 Å². The van der Waals surface area contributed by atoms with E-state index in [1.807, 2.05) is 50.6 Å². The Labute approximate surface area is 177 Å². The number of benzene rings is 1. The van der Waals surface area contributed by atoms with E-state index in [2.05, 4.69) is 38.2 Å². The average Bonchev–Trinajstić information content (AvgIpc) is 3.37. The van der Waals surface area contributed by atoms with E-state index in [1.165, 1.54) is 5.69 Å². The molecule has 3 rings (SSSR count). The van der Waals surface area contributed by atoms with Gasteiger partial charge in [0.15, 0.2) is 5.96 Å². The molecule has 0 aliphatic carbocycles. The molecule has 0 radical (unpaired) electrons. The number of guanidine groups is 1. The monoisotopic (exact) mass is 407 g/mol. The third-order valence-electron chi connectivity index (χ3n) is 4.63. The first-order valence-electron chi connectivity index (χ1n) is 10.0. The third-order valence-corrected chi connectivity index (χ3v) is 4.63. The SMILES string of the molecule is CCNC(=NCc1cccc(NC(=O)Cn2cccn2)c1)N(C)Cc1cccn1C. The molecular formula is C22H29N7O. The summed E-state index contributed by atoms with van der Waals surface area (Å²) in [6.07, 6.45) is 5.46. The third kappa shape index (κ3) is 5.97. The second kappa shape index (κ2) is 10.3. The molecule has 30 heavy (non-hydrogen) atoms. The zero-order chi connectivity index (χ0) is 21.3. The number of hydrogen-bond acceptors (Lipinski definition) is 3. The lowest BCUT2D eigenvalue weighted by Gasteiger charge is -2.22. The van der Waals surface area contributed by atoms with Gasteiger partial charge in [-0.1, -0.05) is 12.1 Å². The Balaban J connectivity index is 1.63. The van der Waals surface area contributed by atoms with Crippen molar-refractivity contribution in [2.45, 2.75) is 26.6 Å². The molecule has 0 aliphatic heterocycles. The molecule has 3 aromatic rings. The zero-order valence-corrected chi connectivity index (χ0v) is 17.7. The maximum Gasteiger partial charge on any atom is 0.246 e. The van der Waals surface area contributed by atoms with Gasteiger partial charge in [0.05, 0.1) is 13.1 Å². The van der Waals surface area contributed by atoms with Gasteiger partial charge in [-0.3, -0.25) is 9.48 Å². The maximum atomic E-state index is 12.2. The minimum Gasteiger partial charge on any atom is -0.357 e. The Hall–Kier alpha value is -3.55. The second-order valence-corrected chi connectivity index (χ2v) is 7.09. The molecule has 0 aliphatic rings. The van der Waals surface area contributed by atoms with E-state index >= 15 is 0 Å². The first-order chi connectivity index (χ1) is 14.5. The Bertz CT molecular complexity index is 975. The number of nitrogens with one attached hydrogen (secondary N) is 2. The fourth-order valence-corrected chi connectivity index (χ4v) is 3.10. The van der Waals surface area contributed by atoms with Gasteiger partial charge in [0.1, 0.15) is 6.54 Å². The molecule has 2 N–H and O–H groups in total. The van der Waals surface area contributed by atoms with Crippen LogP contribution in [0.4, 0.5) is 5.69 Å². The lowest BCUT2D eigenvalue weighted by molar-refractivity contribution is -0.116. The Morgan fingerprint density at radius 3 is 2.77 bits per heavy atom. The molecule has 0 atom stereocenters. The highest BCUT2D eigenvalue weighted by Gasteiger charge is 2.09. The molecular weight excluding hydrogens is 378 g/mol. The molecule has 158 valence electrons. The number of anilines is 1. The maximum absolute atomic E-state index is 12.2. The van der Waals surface area contributed by atoms with Crippen molar-refractivity contribution in [1.82, 2.24) is 24.6 Å².